The minimum Gasteiger partial charge on any atom is -0.397 e. The van der Waals surface area contributed by atoms with Crippen LogP contribution in [0.1, 0.15) is 5.56 Å². The molecule has 19 heavy (non-hydrogen) atoms. The third-order valence-corrected chi connectivity index (χ3v) is 2.50. The number of nitrogens with one attached hydrogen (secondary N) is 1. The second-order valence-electron chi connectivity index (χ2n) is 3.96. The molecule has 0 spiro atoms. The second kappa shape index (κ2) is 5.82. The van der Waals surface area contributed by atoms with Crippen molar-refractivity contribution in [1.29, 1.82) is 0 Å². The van der Waals surface area contributed by atoms with E-state index in [0.29, 0.717) is 5.69 Å². The molecule has 3 N–H and O–H groups in total. The average Bonchev–Trinajstić information content (AvgIpc) is 2.41. The van der Waals surface area contributed by atoms with Gasteiger partial charge in [-0.25, -0.2) is 4.39 Å². The van der Waals surface area contributed by atoms with Gasteiger partial charge in [-0.3, -0.25) is 4.79 Å². The Balaban J connectivity index is 2.04. The lowest BCUT2D eigenvalue weighted by atomic mass is 10.2. The zero-order chi connectivity index (χ0) is 13.7. The first-order valence-electron chi connectivity index (χ1n) is 5.74. The topological polar surface area (TPSA) is 55.1 Å². The van der Waals surface area contributed by atoms with Gasteiger partial charge in [0.05, 0.1) is 11.4 Å². The number of benzene rings is 2. The van der Waals surface area contributed by atoms with Crippen molar-refractivity contribution < 1.29 is 9.18 Å². The van der Waals surface area contributed by atoms with E-state index in [1.807, 2.05) is 30.3 Å². The first-order valence-corrected chi connectivity index (χ1v) is 5.74. The molecule has 0 atom stereocenters. The van der Waals surface area contributed by atoms with Crippen molar-refractivity contribution in [3.63, 3.8) is 0 Å². The van der Waals surface area contributed by atoms with Gasteiger partial charge in [0.1, 0.15) is 5.82 Å². The van der Waals surface area contributed by atoms with Gasteiger partial charge in [-0.2, -0.15) is 0 Å². The average molecular weight is 256 g/mol. The number of hydrogen-bond donors (Lipinski definition) is 2. The summed E-state index contributed by atoms with van der Waals surface area (Å²) >= 11 is 0. The third-order valence-electron chi connectivity index (χ3n) is 2.50. The van der Waals surface area contributed by atoms with E-state index in [1.54, 1.807) is 6.08 Å². The lowest BCUT2D eigenvalue weighted by Gasteiger charge is -2.05. The summed E-state index contributed by atoms with van der Waals surface area (Å²) in [5.41, 5.74) is 7.11. The molecule has 2 aromatic carbocycles. The van der Waals surface area contributed by atoms with Crippen molar-refractivity contribution >= 4 is 23.4 Å². The maximum atomic E-state index is 12.8. The van der Waals surface area contributed by atoms with Crippen LogP contribution in [-0.2, 0) is 4.79 Å². The van der Waals surface area contributed by atoms with Crippen molar-refractivity contribution in [1.82, 2.24) is 0 Å². The lowest BCUT2D eigenvalue weighted by Crippen LogP contribution is -2.09. The monoisotopic (exact) mass is 256 g/mol. The number of hydrogen-bond acceptors (Lipinski definition) is 2. The van der Waals surface area contributed by atoms with E-state index in [4.69, 9.17) is 5.73 Å². The van der Waals surface area contributed by atoms with Crippen LogP contribution in [0.3, 0.4) is 0 Å². The van der Waals surface area contributed by atoms with E-state index in [1.165, 1.54) is 18.2 Å². The van der Waals surface area contributed by atoms with Crippen molar-refractivity contribution in [2.24, 2.45) is 0 Å². The normalized spacial score (nSPS) is 10.6. The van der Waals surface area contributed by atoms with E-state index in [-0.39, 0.29) is 11.6 Å². The second-order valence-corrected chi connectivity index (χ2v) is 3.96. The Morgan fingerprint density at radius 3 is 2.58 bits per heavy atom. The predicted octanol–water partition coefficient (Wildman–Crippen LogP) is 3.06. The molecule has 2 aromatic rings. The fourth-order valence-corrected chi connectivity index (χ4v) is 1.56. The zero-order valence-corrected chi connectivity index (χ0v) is 10.1. The Kier molecular flexibility index (Phi) is 3.93. The molecule has 0 saturated heterocycles. The Labute approximate surface area is 110 Å². The first kappa shape index (κ1) is 12.8. The van der Waals surface area contributed by atoms with E-state index < -0.39 is 5.82 Å². The van der Waals surface area contributed by atoms with Gasteiger partial charge in [0.25, 0.3) is 0 Å². The molecule has 0 heterocycles. The van der Waals surface area contributed by atoms with E-state index in [9.17, 15) is 9.18 Å². The largest absolute Gasteiger partial charge is 0.397 e. The highest BCUT2D eigenvalue weighted by Crippen LogP contribution is 2.18. The van der Waals surface area contributed by atoms with Crippen LogP contribution in [0, 0.1) is 5.82 Å². The van der Waals surface area contributed by atoms with Gasteiger partial charge in [-0.1, -0.05) is 30.3 Å². The van der Waals surface area contributed by atoms with Crippen LogP contribution in [0.2, 0.25) is 0 Å². The van der Waals surface area contributed by atoms with Crippen molar-refractivity contribution in [3.05, 3.63) is 66.0 Å². The molecule has 0 bridgehead atoms. The summed E-state index contributed by atoms with van der Waals surface area (Å²) in [5.74, 6) is -0.752. The molecule has 0 aliphatic rings. The zero-order valence-electron chi connectivity index (χ0n) is 10.1. The fourth-order valence-electron chi connectivity index (χ4n) is 1.56. The SMILES string of the molecule is Nc1cc(F)ccc1NC(=O)/C=C/c1ccccc1. The summed E-state index contributed by atoms with van der Waals surface area (Å²) in [6.45, 7) is 0. The Bertz CT molecular complexity index is 609. The third kappa shape index (κ3) is 3.67. The number of carbonyl (C=O) groups excluding carboxylic acids is 1. The number of nitrogen functional groups attached to an aromatic ring is 1. The number of anilines is 2. The van der Waals surface area contributed by atoms with Crippen molar-refractivity contribution in [2.45, 2.75) is 0 Å². The summed E-state index contributed by atoms with van der Waals surface area (Å²) in [7, 11) is 0. The quantitative estimate of drug-likeness (QED) is 0.655. The fraction of sp³-hybridized carbons (Fsp3) is 0. The molecule has 0 aliphatic carbocycles. The number of nitrogens with two attached hydrogens (primary N) is 1. The minimum atomic E-state index is -0.435. The van der Waals surface area contributed by atoms with Crippen LogP contribution in [0.15, 0.2) is 54.6 Å². The number of halogens is 1. The Morgan fingerprint density at radius 2 is 1.89 bits per heavy atom. The molecule has 3 nitrogen and oxygen atoms in total. The molecule has 96 valence electrons. The maximum Gasteiger partial charge on any atom is 0.248 e. The van der Waals surface area contributed by atoms with Crippen LogP contribution in [0.25, 0.3) is 6.08 Å². The van der Waals surface area contributed by atoms with Crippen LogP contribution < -0.4 is 11.1 Å². The van der Waals surface area contributed by atoms with Gasteiger partial charge in [0.2, 0.25) is 5.91 Å². The molecule has 4 heteroatoms. The van der Waals surface area contributed by atoms with Crippen LogP contribution in [0.4, 0.5) is 15.8 Å². The van der Waals surface area contributed by atoms with Gasteiger partial charge in [0, 0.05) is 6.08 Å². The molecule has 0 aliphatic heterocycles. The molecule has 2 rings (SSSR count). The smallest absolute Gasteiger partial charge is 0.248 e. The van der Waals surface area contributed by atoms with Gasteiger partial charge in [-0.15, -0.1) is 0 Å². The highest BCUT2D eigenvalue weighted by atomic mass is 19.1. The molecule has 0 aromatic heterocycles. The highest BCUT2D eigenvalue weighted by Gasteiger charge is 2.03. The van der Waals surface area contributed by atoms with Crippen LogP contribution in [0.5, 0.6) is 0 Å². The summed E-state index contributed by atoms with van der Waals surface area (Å²) < 4.78 is 12.8. The van der Waals surface area contributed by atoms with Crippen molar-refractivity contribution in [2.75, 3.05) is 11.1 Å². The molecule has 1 amide bonds. The molecular weight excluding hydrogens is 243 g/mol. The number of rotatable bonds is 3. The highest BCUT2D eigenvalue weighted by molar-refractivity contribution is 6.03. The summed E-state index contributed by atoms with van der Waals surface area (Å²) in [6, 6.07) is 13.3. The molecule has 0 unspecified atom stereocenters. The van der Waals surface area contributed by atoms with E-state index in [2.05, 4.69) is 5.32 Å². The molecular formula is C15H13FN2O. The maximum absolute atomic E-state index is 12.8. The van der Waals surface area contributed by atoms with Gasteiger partial charge in [0.15, 0.2) is 0 Å². The predicted molar refractivity (Wildman–Crippen MR) is 74.9 cm³/mol. The summed E-state index contributed by atoms with van der Waals surface area (Å²) in [6.07, 6.45) is 3.09. The Hall–Kier alpha value is -2.62. The first-order chi connectivity index (χ1) is 9.15. The minimum absolute atomic E-state index is 0.196. The Morgan fingerprint density at radius 1 is 1.16 bits per heavy atom. The lowest BCUT2D eigenvalue weighted by molar-refractivity contribution is -0.111. The molecule has 0 fully saturated rings. The van der Waals surface area contributed by atoms with Gasteiger partial charge in [-0.05, 0) is 29.8 Å². The van der Waals surface area contributed by atoms with Crippen LogP contribution in [-0.4, -0.2) is 5.91 Å². The molecule has 0 saturated carbocycles. The number of amides is 1. The van der Waals surface area contributed by atoms with Crippen molar-refractivity contribution in [3.8, 4) is 0 Å². The van der Waals surface area contributed by atoms with Gasteiger partial charge >= 0.3 is 0 Å². The van der Waals surface area contributed by atoms with E-state index >= 15 is 0 Å². The summed E-state index contributed by atoms with van der Waals surface area (Å²) in [5, 5.41) is 2.59. The summed E-state index contributed by atoms with van der Waals surface area (Å²) in [4.78, 5) is 11.7. The van der Waals surface area contributed by atoms with Gasteiger partial charge < -0.3 is 11.1 Å². The number of carbonyl (C=O) groups is 1. The molecule has 0 radical (unpaired) electrons. The van der Waals surface area contributed by atoms with Crippen LogP contribution >= 0.6 is 0 Å². The standard InChI is InChI=1S/C15H13FN2O/c16-12-7-8-14(13(17)10-12)18-15(19)9-6-11-4-2-1-3-5-11/h1-10H,17H2,(H,18,19)/b9-6+. The van der Waals surface area contributed by atoms with E-state index in [0.717, 1.165) is 11.6 Å².